The molecule has 1 aliphatic rings. The Hall–Kier alpha value is -3.16. The van der Waals surface area contributed by atoms with E-state index < -0.39 is 6.04 Å². The molecule has 0 bridgehead atoms. The smallest absolute Gasteiger partial charge is 0.249 e. The molecule has 1 aromatic carbocycles. The highest BCUT2D eigenvalue weighted by atomic mass is 16.5. The Bertz CT molecular complexity index is 945. The van der Waals surface area contributed by atoms with E-state index in [0.29, 0.717) is 24.2 Å². The molecule has 25 heavy (non-hydrogen) atoms. The number of amides is 2. The highest BCUT2D eigenvalue weighted by Crippen LogP contribution is 2.21. The van der Waals surface area contributed by atoms with Crippen molar-refractivity contribution in [2.45, 2.75) is 18.9 Å². The molecule has 0 spiro atoms. The lowest BCUT2D eigenvalue weighted by Gasteiger charge is -2.14. The molecular formula is C17H17N5O3. The summed E-state index contributed by atoms with van der Waals surface area (Å²) in [4.78, 5) is 26.5. The molecule has 8 heteroatoms. The van der Waals surface area contributed by atoms with Gasteiger partial charge in [-0.1, -0.05) is 17.3 Å². The first-order chi connectivity index (χ1) is 12.1. The third-order valence-corrected chi connectivity index (χ3v) is 4.32. The fraction of sp³-hybridized carbons (Fsp3) is 0.294. The number of rotatable bonds is 4. The van der Waals surface area contributed by atoms with Gasteiger partial charge in [-0.3, -0.25) is 14.3 Å². The zero-order chi connectivity index (χ0) is 17.4. The summed E-state index contributed by atoms with van der Waals surface area (Å²) >= 11 is 0. The van der Waals surface area contributed by atoms with Gasteiger partial charge < -0.3 is 14.7 Å². The molecule has 1 unspecified atom stereocenters. The first-order valence-electron chi connectivity index (χ1n) is 8.04. The third-order valence-electron chi connectivity index (χ3n) is 4.32. The number of carbonyl (C=O) groups is 2. The largest absolute Gasteiger partial charge is 0.356 e. The highest BCUT2D eigenvalue weighted by Gasteiger charge is 2.34. The van der Waals surface area contributed by atoms with Crippen molar-refractivity contribution in [3.63, 3.8) is 0 Å². The van der Waals surface area contributed by atoms with Gasteiger partial charge in [-0.05, 0) is 18.6 Å². The lowest BCUT2D eigenvalue weighted by Crippen LogP contribution is -2.42. The van der Waals surface area contributed by atoms with Crippen LogP contribution in [0.15, 0.2) is 41.2 Å². The van der Waals surface area contributed by atoms with Crippen LogP contribution < -0.4 is 10.2 Å². The standard InChI is InChI=1S/C17H17N5O3/c1-21-10-11(9-18-21)22-7-6-13(17(22)24)19-16(23)8-14-12-4-2-3-5-15(12)25-20-14/h2-5,9-10,13H,6-8H2,1H3,(H,19,23). The average molecular weight is 339 g/mol. The van der Waals surface area contributed by atoms with Gasteiger partial charge >= 0.3 is 0 Å². The Morgan fingerprint density at radius 3 is 3.04 bits per heavy atom. The number of anilines is 1. The summed E-state index contributed by atoms with van der Waals surface area (Å²) in [5.41, 5.74) is 1.96. The molecule has 2 aromatic heterocycles. The number of carbonyl (C=O) groups excluding carboxylic acids is 2. The van der Waals surface area contributed by atoms with E-state index in [9.17, 15) is 9.59 Å². The molecule has 3 aromatic rings. The summed E-state index contributed by atoms with van der Waals surface area (Å²) in [7, 11) is 1.80. The molecule has 2 amide bonds. The van der Waals surface area contributed by atoms with Crippen LogP contribution in [0, 0.1) is 0 Å². The summed E-state index contributed by atoms with van der Waals surface area (Å²) < 4.78 is 6.85. The van der Waals surface area contributed by atoms with E-state index in [1.165, 1.54) is 0 Å². The van der Waals surface area contributed by atoms with Crippen LogP contribution in [0.3, 0.4) is 0 Å². The first kappa shape index (κ1) is 15.4. The molecule has 4 rings (SSSR count). The molecule has 1 atom stereocenters. The van der Waals surface area contributed by atoms with Crippen molar-refractivity contribution in [1.29, 1.82) is 0 Å². The molecule has 1 saturated heterocycles. The normalized spacial score (nSPS) is 17.4. The zero-order valence-corrected chi connectivity index (χ0v) is 13.7. The second-order valence-electron chi connectivity index (χ2n) is 6.07. The van der Waals surface area contributed by atoms with Crippen molar-refractivity contribution >= 4 is 28.5 Å². The topological polar surface area (TPSA) is 93.3 Å². The molecule has 128 valence electrons. The van der Waals surface area contributed by atoms with Crippen LogP contribution in [0.5, 0.6) is 0 Å². The summed E-state index contributed by atoms with van der Waals surface area (Å²) in [5.74, 6) is -0.364. The number of nitrogens with one attached hydrogen (secondary N) is 1. The number of aryl methyl sites for hydroxylation is 1. The van der Waals surface area contributed by atoms with Gasteiger partial charge in [0.15, 0.2) is 5.58 Å². The summed E-state index contributed by atoms with van der Waals surface area (Å²) in [6, 6.07) is 6.86. The molecular weight excluding hydrogens is 322 g/mol. The van der Waals surface area contributed by atoms with Gasteiger partial charge in [0.25, 0.3) is 0 Å². The van der Waals surface area contributed by atoms with E-state index in [1.807, 2.05) is 18.2 Å². The lowest BCUT2D eigenvalue weighted by atomic mass is 10.1. The number of para-hydroxylation sites is 1. The van der Waals surface area contributed by atoms with E-state index in [4.69, 9.17) is 4.52 Å². The highest BCUT2D eigenvalue weighted by molar-refractivity contribution is 6.01. The van der Waals surface area contributed by atoms with Gasteiger partial charge in [0.2, 0.25) is 11.8 Å². The Morgan fingerprint density at radius 1 is 1.40 bits per heavy atom. The van der Waals surface area contributed by atoms with E-state index in [0.717, 1.165) is 11.1 Å². The second kappa shape index (κ2) is 6.04. The molecule has 0 radical (unpaired) electrons. The molecule has 1 aliphatic heterocycles. The summed E-state index contributed by atoms with van der Waals surface area (Å²) in [6.07, 6.45) is 4.07. The Labute approximate surface area is 143 Å². The SMILES string of the molecule is Cn1cc(N2CCC(NC(=O)Cc3noc4ccccc34)C2=O)cn1. The number of hydrogen-bond acceptors (Lipinski definition) is 5. The first-order valence-corrected chi connectivity index (χ1v) is 8.04. The predicted molar refractivity (Wildman–Crippen MR) is 89.8 cm³/mol. The van der Waals surface area contributed by atoms with Gasteiger partial charge in [-0.25, -0.2) is 0 Å². The monoisotopic (exact) mass is 339 g/mol. The van der Waals surface area contributed by atoms with Crippen LogP contribution in [0.4, 0.5) is 5.69 Å². The quantitative estimate of drug-likeness (QED) is 0.766. The maximum Gasteiger partial charge on any atom is 0.249 e. The maximum atomic E-state index is 12.5. The zero-order valence-electron chi connectivity index (χ0n) is 13.7. The number of benzene rings is 1. The van der Waals surface area contributed by atoms with Gasteiger partial charge in [-0.15, -0.1) is 0 Å². The average Bonchev–Trinajstić information content (AvgIpc) is 3.29. The minimum absolute atomic E-state index is 0.0771. The van der Waals surface area contributed by atoms with Gasteiger partial charge in [0, 0.05) is 25.2 Å². The molecule has 0 saturated carbocycles. The Morgan fingerprint density at radius 2 is 2.24 bits per heavy atom. The van der Waals surface area contributed by atoms with Crippen molar-refractivity contribution in [3.8, 4) is 0 Å². The van der Waals surface area contributed by atoms with Crippen molar-refractivity contribution in [2.75, 3.05) is 11.4 Å². The fourth-order valence-corrected chi connectivity index (χ4v) is 3.08. The van der Waals surface area contributed by atoms with Crippen molar-refractivity contribution < 1.29 is 14.1 Å². The number of fused-ring (bicyclic) bond motifs is 1. The van der Waals surface area contributed by atoms with E-state index in [-0.39, 0.29) is 18.2 Å². The summed E-state index contributed by atoms with van der Waals surface area (Å²) in [6.45, 7) is 0.558. The molecule has 1 N–H and O–H groups in total. The van der Waals surface area contributed by atoms with Crippen LogP contribution in [0.2, 0.25) is 0 Å². The van der Waals surface area contributed by atoms with E-state index in [1.54, 1.807) is 35.1 Å². The summed E-state index contributed by atoms with van der Waals surface area (Å²) in [5, 5.41) is 11.6. The Kier molecular flexibility index (Phi) is 3.72. The molecule has 0 aliphatic carbocycles. The molecule has 8 nitrogen and oxygen atoms in total. The van der Waals surface area contributed by atoms with Crippen LogP contribution in [0.25, 0.3) is 11.0 Å². The Balaban J connectivity index is 1.42. The van der Waals surface area contributed by atoms with E-state index >= 15 is 0 Å². The van der Waals surface area contributed by atoms with Crippen molar-refractivity contribution in [1.82, 2.24) is 20.3 Å². The van der Waals surface area contributed by atoms with Gasteiger partial charge in [0.05, 0.1) is 18.3 Å². The number of nitrogens with zero attached hydrogens (tertiary/aromatic N) is 4. The van der Waals surface area contributed by atoms with Crippen molar-refractivity contribution in [2.24, 2.45) is 7.05 Å². The predicted octanol–water partition coefficient (Wildman–Crippen LogP) is 1.03. The van der Waals surface area contributed by atoms with Crippen molar-refractivity contribution in [3.05, 3.63) is 42.4 Å². The van der Waals surface area contributed by atoms with E-state index in [2.05, 4.69) is 15.6 Å². The molecule has 1 fully saturated rings. The van der Waals surface area contributed by atoms with Crippen LogP contribution in [-0.2, 0) is 23.1 Å². The number of hydrogen-bond donors (Lipinski definition) is 1. The third kappa shape index (κ3) is 2.86. The number of aromatic nitrogens is 3. The minimum Gasteiger partial charge on any atom is -0.356 e. The van der Waals surface area contributed by atoms with Crippen LogP contribution >= 0.6 is 0 Å². The molecule has 3 heterocycles. The maximum absolute atomic E-state index is 12.5. The second-order valence-corrected chi connectivity index (χ2v) is 6.07. The van der Waals surface area contributed by atoms with Gasteiger partial charge in [-0.2, -0.15) is 5.10 Å². The van der Waals surface area contributed by atoms with Crippen LogP contribution in [0.1, 0.15) is 12.1 Å². The fourth-order valence-electron chi connectivity index (χ4n) is 3.08. The lowest BCUT2D eigenvalue weighted by molar-refractivity contribution is -0.126. The van der Waals surface area contributed by atoms with Crippen LogP contribution in [-0.4, -0.2) is 39.3 Å². The van der Waals surface area contributed by atoms with Gasteiger partial charge in [0.1, 0.15) is 11.7 Å². The minimum atomic E-state index is -0.522.